The molecule has 2 nitrogen and oxygen atoms in total. The largest absolute Gasteiger partial charge is 0.309 e. The Bertz CT molecular complexity index is 381. The average Bonchev–Trinajstić information content (AvgIpc) is 2.37. The molecule has 3 unspecified atom stereocenters. The topological polar surface area (TPSA) is 24.9 Å². The van der Waals surface area contributed by atoms with E-state index < -0.39 is 0 Å². The maximum atomic E-state index is 6.31. The maximum Gasteiger partial charge on any atom is 0.0761 e. The molecule has 0 saturated heterocycles. The second kappa shape index (κ2) is 6.53. The molecule has 1 N–H and O–H groups in total. The fourth-order valence-electron chi connectivity index (χ4n) is 3.12. The van der Waals surface area contributed by atoms with Crippen LogP contribution in [0.3, 0.4) is 0 Å². The zero-order valence-corrected chi connectivity index (χ0v) is 12.1. The molecule has 0 bridgehead atoms. The van der Waals surface area contributed by atoms with Gasteiger partial charge in [0.1, 0.15) is 0 Å². The van der Waals surface area contributed by atoms with Crippen LogP contribution in [0.1, 0.15) is 51.3 Å². The first kappa shape index (κ1) is 13.8. The van der Waals surface area contributed by atoms with Crippen molar-refractivity contribution >= 4 is 11.6 Å². The Morgan fingerprint density at radius 3 is 3.00 bits per heavy atom. The van der Waals surface area contributed by atoms with Gasteiger partial charge in [0, 0.05) is 6.20 Å². The van der Waals surface area contributed by atoms with Crippen molar-refractivity contribution in [2.75, 3.05) is 6.54 Å². The first-order valence-electron chi connectivity index (χ1n) is 7.06. The molecule has 1 aromatic rings. The van der Waals surface area contributed by atoms with Gasteiger partial charge < -0.3 is 5.32 Å². The maximum absolute atomic E-state index is 6.31. The molecule has 0 radical (unpaired) electrons. The molecule has 1 aliphatic rings. The molecule has 0 spiro atoms. The second-order valence-electron chi connectivity index (χ2n) is 5.44. The molecular weight excluding hydrogens is 244 g/mol. The first-order valence-corrected chi connectivity index (χ1v) is 7.44. The third-order valence-corrected chi connectivity index (χ3v) is 4.27. The Hall–Kier alpha value is -0.600. The molecule has 3 atom stereocenters. The monoisotopic (exact) mass is 266 g/mol. The van der Waals surface area contributed by atoms with Gasteiger partial charge in [-0.2, -0.15) is 0 Å². The minimum absolute atomic E-state index is 0.312. The van der Waals surface area contributed by atoms with Gasteiger partial charge >= 0.3 is 0 Å². The summed E-state index contributed by atoms with van der Waals surface area (Å²) in [5, 5.41) is 4.38. The van der Waals surface area contributed by atoms with Crippen LogP contribution < -0.4 is 5.32 Å². The van der Waals surface area contributed by atoms with Gasteiger partial charge in [0.15, 0.2) is 0 Å². The molecule has 2 rings (SSSR count). The van der Waals surface area contributed by atoms with Gasteiger partial charge in [-0.1, -0.05) is 38.3 Å². The highest BCUT2D eigenvalue weighted by Crippen LogP contribution is 2.38. The third kappa shape index (κ3) is 3.24. The Balaban J connectivity index is 2.19. The van der Waals surface area contributed by atoms with Crippen molar-refractivity contribution in [1.29, 1.82) is 0 Å². The van der Waals surface area contributed by atoms with Crippen molar-refractivity contribution in [2.24, 2.45) is 11.8 Å². The number of rotatable bonds is 4. The summed E-state index contributed by atoms with van der Waals surface area (Å²) in [6.07, 6.45) is 7.11. The van der Waals surface area contributed by atoms with E-state index in [1.807, 2.05) is 18.3 Å². The number of nitrogens with zero attached hydrogens (tertiary/aromatic N) is 1. The summed E-state index contributed by atoms with van der Waals surface area (Å²) in [4.78, 5) is 4.50. The number of pyridine rings is 1. The lowest BCUT2D eigenvalue weighted by atomic mass is 9.77. The van der Waals surface area contributed by atoms with Crippen LogP contribution >= 0.6 is 11.6 Å². The van der Waals surface area contributed by atoms with Gasteiger partial charge in [-0.25, -0.2) is 0 Å². The second-order valence-corrected chi connectivity index (χ2v) is 5.84. The summed E-state index contributed by atoms with van der Waals surface area (Å²) in [5.41, 5.74) is 1.03. The Morgan fingerprint density at radius 1 is 1.50 bits per heavy atom. The summed E-state index contributed by atoms with van der Waals surface area (Å²) in [6, 6.07) is 4.16. The van der Waals surface area contributed by atoms with Crippen molar-refractivity contribution in [3.05, 3.63) is 29.0 Å². The quantitative estimate of drug-likeness (QED) is 0.883. The van der Waals surface area contributed by atoms with Crippen LogP contribution in [0.2, 0.25) is 5.02 Å². The highest BCUT2D eigenvalue weighted by molar-refractivity contribution is 6.31. The fraction of sp³-hybridized carbons (Fsp3) is 0.667. The van der Waals surface area contributed by atoms with E-state index in [0.717, 1.165) is 23.2 Å². The molecule has 1 aromatic heterocycles. The van der Waals surface area contributed by atoms with Crippen molar-refractivity contribution in [3.8, 4) is 0 Å². The molecular formula is C15H23ClN2. The first-order chi connectivity index (χ1) is 8.72. The average molecular weight is 267 g/mol. The van der Waals surface area contributed by atoms with Crippen LogP contribution in [0.25, 0.3) is 0 Å². The normalized spacial score (nSPS) is 25.9. The van der Waals surface area contributed by atoms with Crippen LogP contribution in [0, 0.1) is 11.8 Å². The number of hydrogen-bond donors (Lipinski definition) is 1. The minimum atomic E-state index is 0.312. The lowest BCUT2D eigenvalue weighted by Crippen LogP contribution is -2.32. The molecule has 3 heteroatoms. The van der Waals surface area contributed by atoms with Crippen LogP contribution in [0.5, 0.6) is 0 Å². The smallest absolute Gasteiger partial charge is 0.0761 e. The predicted octanol–water partition coefficient (Wildman–Crippen LogP) is 4.21. The molecule has 1 saturated carbocycles. The SMILES string of the molecule is CCNC(c1ncccc1Cl)C1CCCC(C)C1. The lowest BCUT2D eigenvalue weighted by Gasteiger charge is -2.33. The third-order valence-electron chi connectivity index (χ3n) is 3.95. The van der Waals surface area contributed by atoms with E-state index in [4.69, 9.17) is 11.6 Å². The van der Waals surface area contributed by atoms with E-state index in [0.29, 0.717) is 12.0 Å². The van der Waals surface area contributed by atoms with E-state index in [-0.39, 0.29) is 0 Å². The summed E-state index contributed by atoms with van der Waals surface area (Å²) >= 11 is 6.31. The van der Waals surface area contributed by atoms with E-state index in [2.05, 4.69) is 24.1 Å². The van der Waals surface area contributed by atoms with Gasteiger partial charge in [-0.05, 0) is 43.4 Å². The lowest BCUT2D eigenvalue weighted by molar-refractivity contribution is 0.222. The highest BCUT2D eigenvalue weighted by atomic mass is 35.5. The minimum Gasteiger partial charge on any atom is -0.309 e. The standard InChI is InChI=1S/C15H23ClN2/c1-3-17-14(12-7-4-6-11(2)10-12)15-13(16)8-5-9-18-15/h5,8-9,11-12,14,17H,3-4,6-7,10H2,1-2H3. The predicted molar refractivity (Wildman–Crippen MR) is 76.8 cm³/mol. The molecule has 0 aromatic carbocycles. The molecule has 100 valence electrons. The zero-order valence-electron chi connectivity index (χ0n) is 11.3. The number of hydrogen-bond acceptors (Lipinski definition) is 2. The van der Waals surface area contributed by atoms with Crippen LogP contribution in [-0.4, -0.2) is 11.5 Å². The Kier molecular flexibility index (Phi) is 5.02. The van der Waals surface area contributed by atoms with Crippen molar-refractivity contribution in [2.45, 2.75) is 45.6 Å². The van der Waals surface area contributed by atoms with Gasteiger partial charge in [0.05, 0.1) is 16.8 Å². The molecule has 18 heavy (non-hydrogen) atoms. The highest BCUT2D eigenvalue weighted by Gasteiger charge is 2.29. The van der Waals surface area contributed by atoms with Gasteiger partial charge in [-0.3, -0.25) is 4.98 Å². The molecule has 1 fully saturated rings. The van der Waals surface area contributed by atoms with E-state index >= 15 is 0 Å². The Morgan fingerprint density at radius 2 is 2.33 bits per heavy atom. The Labute approximate surface area is 115 Å². The van der Waals surface area contributed by atoms with Gasteiger partial charge in [0.25, 0.3) is 0 Å². The summed E-state index contributed by atoms with van der Waals surface area (Å²) in [5.74, 6) is 1.49. The van der Waals surface area contributed by atoms with Crippen LogP contribution in [0.15, 0.2) is 18.3 Å². The van der Waals surface area contributed by atoms with Crippen LogP contribution in [-0.2, 0) is 0 Å². The fourth-order valence-corrected chi connectivity index (χ4v) is 3.36. The van der Waals surface area contributed by atoms with Gasteiger partial charge in [0.2, 0.25) is 0 Å². The van der Waals surface area contributed by atoms with Crippen LogP contribution in [0.4, 0.5) is 0 Å². The summed E-state index contributed by atoms with van der Waals surface area (Å²) in [7, 11) is 0. The van der Waals surface area contributed by atoms with Crippen molar-refractivity contribution in [1.82, 2.24) is 10.3 Å². The summed E-state index contributed by atoms with van der Waals surface area (Å²) < 4.78 is 0. The van der Waals surface area contributed by atoms with Crippen molar-refractivity contribution < 1.29 is 0 Å². The molecule has 0 amide bonds. The van der Waals surface area contributed by atoms with Gasteiger partial charge in [-0.15, -0.1) is 0 Å². The molecule has 0 aliphatic heterocycles. The zero-order chi connectivity index (χ0) is 13.0. The van der Waals surface area contributed by atoms with E-state index in [9.17, 15) is 0 Å². The number of halogens is 1. The van der Waals surface area contributed by atoms with E-state index in [1.165, 1.54) is 25.7 Å². The molecule has 1 heterocycles. The number of nitrogens with one attached hydrogen (secondary N) is 1. The summed E-state index contributed by atoms with van der Waals surface area (Å²) in [6.45, 7) is 5.47. The van der Waals surface area contributed by atoms with Crippen molar-refractivity contribution in [3.63, 3.8) is 0 Å². The number of aromatic nitrogens is 1. The van der Waals surface area contributed by atoms with E-state index in [1.54, 1.807) is 0 Å². The molecule has 1 aliphatic carbocycles.